The first-order valence-electron chi connectivity index (χ1n) is 5.70. The van der Waals surface area contributed by atoms with Gasteiger partial charge >= 0.3 is 5.97 Å². The molecule has 1 aromatic rings. The fourth-order valence-corrected chi connectivity index (χ4v) is 1.57. The van der Waals surface area contributed by atoms with Crippen LogP contribution in [0, 0.1) is 0 Å². The highest BCUT2D eigenvalue weighted by molar-refractivity contribution is 5.75. The molecule has 0 heterocycles. The van der Waals surface area contributed by atoms with Crippen LogP contribution in [-0.4, -0.2) is 31.9 Å². The van der Waals surface area contributed by atoms with E-state index in [4.69, 9.17) is 14.2 Å². The van der Waals surface area contributed by atoms with Crippen LogP contribution in [0.1, 0.15) is 25.0 Å². The van der Waals surface area contributed by atoms with Crippen molar-refractivity contribution in [1.82, 2.24) is 0 Å². The molecule has 0 amide bonds. The summed E-state index contributed by atoms with van der Waals surface area (Å²) in [7, 11) is 3.01. The van der Waals surface area contributed by atoms with Gasteiger partial charge in [-0.05, 0) is 24.6 Å². The summed E-state index contributed by atoms with van der Waals surface area (Å²) >= 11 is 0. The molecule has 0 aliphatic carbocycles. The summed E-state index contributed by atoms with van der Waals surface area (Å²) in [6.07, 6.45) is -0.300. The second-order valence-electron chi connectivity index (χ2n) is 3.70. The van der Waals surface area contributed by atoms with Crippen LogP contribution in [0.15, 0.2) is 18.2 Å². The molecule has 1 aromatic carbocycles. The molecule has 1 atom stereocenters. The third-order valence-corrected chi connectivity index (χ3v) is 2.43. The van der Waals surface area contributed by atoms with Crippen LogP contribution >= 0.6 is 0 Å². The van der Waals surface area contributed by atoms with E-state index in [-0.39, 0.29) is 0 Å². The number of hydrogen-bond acceptors (Lipinski definition) is 4. The smallest absolute Gasteiger partial charge is 0.337 e. The molecule has 0 spiro atoms. The Morgan fingerprint density at radius 1 is 1.33 bits per heavy atom. The minimum absolute atomic E-state index is 0.372. The summed E-state index contributed by atoms with van der Waals surface area (Å²) in [5.41, 5.74) is 0.456. The molecule has 5 nitrogen and oxygen atoms in total. The van der Waals surface area contributed by atoms with Gasteiger partial charge in [-0.25, -0.2) is 4.79 Å². The van der Waals surface area contributed by atoms with Crippen molar-refractivity contribution in [2.45, 2.75) is 19.4 Å². The lowest BCUT2D eigenvalue weighted by Crippen LogP contribution is -2.17. The second kappa shape index (κ2) is 6.86. The Kier molecular flexibility index (Phi) is 5.45. The third kappa shape index (κ3) is 3.37. The number of aliphatic carboxylic acids is 1. The minimum Gasteiger partial charge on any atom is -0.497 e. The van der Waals surface area contributed by atoms with Crippen LogP contribution in [0.4, 0.5) is 0 Å². The molecular weight excluding hydrogens is 236 g/mol. The number of methoxy groups -OCH3 is 2. The van der Waals surface area contributed by atoms with E-state index in [9.17, 15) is 9.90 Å². The Morgan fingerprint density at radius 3 is 2.56 bits per heavy atom. The van der Waals surface area contributed by atoms with Gasteiger partial charge in [0.05, 0.1) is 14.2 Å². The van der Waals surface area contributed by atoms with Gasteiger partial charge in [0.1, 0.15) is 11.5 Å². The number of rotatable bonds is 7. The van der Waals surface area contributed by atoms with Crippen molar-refractivity contribution in [2.75, 3.05) is 20.8 Å². The van der Waals surface area contributed by atoms with E-state index in [1.165, 1.54) is 14.2 Å². The molecule has 18 heavy (non-hydrogen) atoms. The van der Waals surface area contributed by atoms with Crippen LogP contribution < -0.4 is 9.47 Å². The summed E-state index contributed by atoms with van der Waals surface area (Å²) in [5, 5.41) is 9.22. The predicted octanol–water partition coefficient (Wildman–Crippen LogP) is 2.26. The molecule has 1 unspecified atom stereocenters. The van der Waals surface area contributed by atoms with Crippen molar-refractivity contribution in [3.05, 3.63) is 23.8 Å². The van der Waals surface area contributed by atoms with Gasteiger partial charge in [-0.3, -0.25) is 0 Å². The van der Waals surface area contributed by atoms with Gasteiger partial charge < -0.3 is 19.3 Å². The highest BCUT2D eigenvalue weighted by Gasteiger charge is 2.24. The monoisotopic (exact) mass is 254 g/mol. The summed E-state index contributed by atoms with van der Waals surface area (Å²) < 4.78 is 15.6. The summed E-state index contributed by atoms with van der Waals surface area (Å²) in [6, 6.07) is 4.99. The zero-order valence-electron chi connectivity index (χ0n) is 10.8. The Labute approximate surface area is 106 Å². The standard InChI is InChI=1S/C13H18O5/c1-4-7-18-12(13(14)15)10-8-9(16-2)5-6-11(10)17-3/h5-6,8,12H,4,7H2,1-3H3,(H,14,15). The van der Waals surface area contributed by atoms with Crippen molar-refractivity contribution in [2.24, 2.45) is 0 Å². The molecule has 5 heteroatoms. The summed E-state index contributed by atoms with van der Waals surface area (Å²) in [4.78, 5) is 11.3. The third-order valence-electron chi connectivity index (χ3n) is 2.43. The van der Waals surface area contributed by atoms with Crippen molar-refractivity contribution in [3.63, 3.8) is 0 Å². The molecule has 0 aliphatic heterocycles. The van der Waals surface area contributed by atoms with Crippen molar-refractivity contribution in [1.29, 1.82) is 0 Å². The molecule has 0 radical (unpaired) electrons. The van der Waals surface area contributed by atoms with Gasteiger partial charge in [0.15, 0.2) is 6.10 Å². The van der Waals surface area contributed by atoms with E-state index < -0.39 is 12.1 Å². The molecule has 0 saturated heterocycles. The lowest BCUT2D eigenvalue weighted by atomic mass is 10.1. The Hall–Kier alpha value is -1.75. The molecule has 0 fully saturated rings. The fraction of sp³-hybridized carbons (Fsp3) is 0.462. The van der Waals surface area contributed by atoms with Gasteiger partial charge in [-0.1, -0.05) is 6.92 Å². The van der Waals surface area contributed by atoms with Gasteiger partial charge in [-0.2, -0.15) is 0 Å². The minimum atomic E-state index is -1.05. The van der Waals surface area contributed by atoms with E-state index in [0.29, 0.717) is 23.7 Å². The largest absolute Gasteiger partial charge is 0.497 e. The summed E-state index contributed by atoms with van der Waals surface area (Å²) in [6.45, 7) is 2.29. The Balaban J connectivity index is 3.11. The molecule has 0 aliphatic rings. The Bertz CT molecular complexity index is 402. The van der Waals surface area contributed by atoms with E-state index in [2.05, 4.69) is 0 Å². The van der Waals surface area contributed by atoms with Gasteiger partial charge in [-0.15, -0.1) is 0 Å². The average Bonchev–Trinajstić information content (AvgIpc) is 2.38. The van der Waals surface area contributed by atoms with Crippen LogP contribution in [-0.2, 0) is 9.53 Å². The molecule has 100 valence electrons. The first-order chi connectivity index (χ1) is 8.63. The average molecular weight is 254 g/mol. The van der Waals surface area contributed by atoms with E-state index in [1.807, 2.05) is 6.92 Å². The second-order valence-corrected chi connectivity index (χ2v) is 3.70. The van der Waals surface area contributed by atoms with Gasteiger partial charge in [0.2, 0.25) is 0 Å². The van der Waals surface area contributed by atoms with Gasteiger partial charge in [0, 0.05) is 12.2 Å². The molecule has 1 N–H and O–H groups in total. The SMILES string of the molecule is CCCOC(C(=O)O)c1cc(OC)ccc1OC. The molecule has 1 rings (SSSR count). The molecule has 0 aromatic heterocycles. The lowest BCUT2D eigenvalue weighted by Gasteiger charge is -2.17. The summed E-state index contributed by atoms with van der Waals surface area (Å²) in [5.74, 6) is -0.00791. The topological polar surface area (TPSA) is 65.0 Å². The maximum absolute atomic E-state index is 11.3. The lowest BCUT2D eigenvalue weighted by molar-refractivity contribution is -0.151. The number of carboxylic acid groups (broad SMARTS) is 1. The highest BCUT2D eigenvalue weighted by Crippen LogP contribution is 2.31. The molecular formula is C13H18O5. The molecule has 0 bridgehead atoms. The number of ether oxygens (including phenoxy) is 3. The number of hydrogen-bond donors (Lipinski definition) is 1. The van der Waals surface area contributed by atoms with E-state index in [1.54, 1.807) is 18.2 Å². The zero-order valence-corrected chi connectivity index (χ0v) is 10.8. The fourth-order valence-electron chi connectivity index (χ4n) is 1.57. The van der Waals surface area contributed by atoms with Crippen LogP contribution in [0.3, 0.4) is 0 Å². The first-order valence-corrected chi connectivity index (χ1v) is 5.70. The molecule has 0 saturated carbocycles. The normalized spacial score (nSPS) is 11.9. The quantitative estimate of drug-likeness (QED) is 0.808. The number of carbonyl (C=O) groups is 1. The van der Waals surface area contributed by atoms with Crippen LogP contribution in [0.5, 0.6) is 11.5 Å². The van der Waals surface area contributed by atoms with Crippen LogP contribution in [0.2, 0.25) is 0 Å². The first kappa shape index (κ1) is 14.3. The van der Waals surface area contributed by atoms with Crippen molar-refractivity contribution >= 4 is 5.97 Å². The number of benzene rings is 1. The van der Waals surface area contributed by atoms with E-state index >= 15 is 0 Å². The van der Waals surface area contributed by atoms with Crippen molar-refractivity contribution < 1.29 is 24.1 Å². The maximum atomic E-state index is 11.3. The van der Waals surface area contributed by atoms with Gasteiger partial charge in [0.25, 0.3) is 0 Å². The van der Waals surface area contributed by atoms with Crippen LogP contribution in [0.25, 0.3) is 0 Å². The predicted molar refractivity (Wildman–Crippen MR) is 66.2 cm³/mol. The highest BCUT2D eigenvalue weighted by atomic mass is 16.5. The van der Waals surface area contributed by atoms with E-state index in [0.717, 1.165) is 6.42 Å². The number of carboxylic acids is 1. The Morgan fingerprint density at radius 2 is 2.06 bits per heavy atom. The maximum Gasteiger partial charge on any atom is 0.337 e. The van der Waals surface area contributed by atoms with Crippen molar-refractivity contribution in [3.8, 4) is 11.5 Å². The zero-order chi connectivity index (χ0) is 13.5.